The number of thiophene rings is 1. The normalized spacial score (nSPS) is 10.9. The topological polar surface area (TPSA) is 52.1 Å². The van der Waals surface area contributed by atoms with Gasteiger partial charge in [-0.05, 0) is 19.4 Å². The number of nitrogens with zero attached hydrogens (tertiary/aromatic N) is 2. The van der Waals surface area contributed by atoms with Crippen molar-refractivity contribution in [3.63, 3.8) is 0 Å². The zero-order valence-corrected chi connectivity index (χ0v) is 12.1. The Morgan fingerprint density at radius 1 is 1.44 bits per heavy atom. The Hall–Kier alpha value is -0.910. The highest BCUT2D eigenvalue weighted by Gasteiger charge is 2.20. The van der Waals surface area contributed by atoms with Crippen LogP contribution < -0.4 is 0 Å². The fourth-order valence-corrected chi connectivity index (χ4v) is 3.18. The molecule has 0 N–H and O–H groups in total. The molecule has 4 nitrogen and oxygen atoms in total. The van der Waals surface area contributed by atoms with Gasteiger partial charge in [-0.1, -0.05) is 11.6 Å². The molecule has 0 aromatic carbocycles. The van der Waals surface area contributed by atoms with E-state index in [1.54, 1.807) is 13.8 Å². The Labute approximate surface area is 118 Å². The van der Waals surface area contributed by atoms with Crippen LogP contribution in [0.15, 0.2) is 0 Å². The zero-order chi connectivity index (χ0) is 13.3. The van der Waals surface area contributed by atoms with Gasteiger partial charge in [0.2, 0.25) is 0 Å². The molecule has 7 heteroatoms. The number of hydrogen-bond acceptors (Lipinski definition) is 5. The second-order valence-electron chi connectivity index (χ2n) is 3.52. The third kappa shape index (κ3) is 2.30. The summed E-state index contributed by atoms with van der Waals surface area (Å²) < 4.78 is 4.99. The summed E-state index contributed by atoms with van der Waals surface area (Å²) >= 11 is 13.0. The maximum atomic E-state index is 11.8. The number of esters is 1. The van der Waals surface area contributed by atoms with E-state index in [2.05, 4.69) is 9.97 Å². The number of halogens is 2. The van der Waals surface area contributed by atoms with Gasteiger partial charge in [0.05, 0.1) is 17.9 Å². The maximum Gasteiger partial charge on any atom is 0.348 e. The van der Waals surface area contributed by atoms with Crippen LogP contribution in [-0.2, 0) is 10.6 Å². The van der Waals surface area contributed by atoms with Crippen molar-refractivity contribution in [2.24, 2.45) is 0 Å². The summed E-state index contributed by atoms with van der Waals surface area (Å²) in [5.41, 5.74) is 0.750. The minimum Gasteiger partial charge on any atom is -0.462 e. The first-order chi connectivity index (χ1) is 8.58. The lowest BCUT2D eigenvalue weighted by Crippen LogP contribution is -2.03. The highest BCUT2D eigenvalue weighted by molar-refractivity contribution is 7.20. The summed E-state index contributed by atoms with van der Waals surface area (Å²) in [4.78, 5) is 21.3. The second kappa shape index (κ2) is 5.38. The molecule has 0 radical (unpaired) electrons. The minimum atomic E-state index is -0.360. The molecule has 2 heterocycles. The number of alkyl halides is 1. The van der Waals surface area contributed by atoms with Crippen molar-refractivity contribution < 1.29 is 9.53 Å². The van der Waals surface area contributed by atoms with Crippen LogP contribution >= 0.6 is 34.5 Å². The smallest absolute Gasteiger partial charge is 0.348 e. The number of aromatic nitrogens is 2. The van der Waals surface area contributed by atoms with Crippen LogP contribution in [-0.4, -0.2) is 22.5 Å². The van der Waals surface area contributed by atoms with Gasteiger partial charge in [0.15, 0.2) is 0 Å². The van der Waals surface area contributed by atoms with Crippen LogP contribution in [0.3, 0.4) is 0 Å². The predicted octanol–water partition coefficient (Wildman–Crippen LogP) is 3.57. The minimum absolute atomic E-state index is 0.182. The molecule has 96 valence electrons. The molecule has 0 bridgehead atoms. The molecule has 0 aliphatic rings. The van der Waals surface area contributed by atoms with Gasteiger partial charge in [-0.3, -0.25) is 0 Å². The second-order valence-corrected chi connectivity index (χ2v) is 5.15. The SMILES string of the molecule is CCOC(=O)c1sc2nc(CCl)nc(Cl)c2c1C. The van der Waals surface area contributed by atoms with Crippen molar-refractivity contribution in [2.75, 3.05) is 6.61 Å². The summed E-state index contributed by atoms with van der Waals surface area (Å²) in [6, 6.07) is 0. The van der Waals surface area contributed by atoms with Crippen molar-refractivity contribution in [1.29, 1.82) is 0 Å². The summed E-state index contributed by atoms with van der Waals surface area (Å²) in [5, 5.41) is 1.01. The molecule has 0 aliphatic carbocycles. The number of hydrogen-bond donors (Lipinski definition) is 0. The van der Waals surface area contributed by atoms with E-state index in [0.717, 1.165) is 5.56 Å². The Morgan fingerprint density at radius 3 is 2.78 bits per heavy atom. The fraction of sp³-hybridized carbons (Fsp3) is 0.364. The number of carbonyl (C=O) groups excluding carboxylic acids is 1. The molecule has 0 aliphatic heterocycles. The quantitative estimate of drug-likeness (QED) is 0.494. The molecule has 18 heavy (non-hydrogen) atoms. The lowest BCUT2D eigenvalue weighted by atomic mass is 10.2. The number of carbonyl (C=O) groups is 1. The molecular formula is C11H10Cl2N2O2S. The predicted molar refractivity (Wildman–Crippen MR) is 72.7 cm³/mol. The van der Waals surface area contributed by atoms with Gasteiger partial charge >= 0.3 is 5.97 Å². The van der Waals surface area contributed by atoms with E-state index in [-0.39, 0.29) is 11.8 Å². The first kappa shape index (κ1) is 13.5. The van der Waals surface area contributed by atoms with Gasteiger partial charge in [-0.2, -0.15) is 0 Å². The first-order valence-electron chi connectivity index (χ1n) is 5.27. The summed E-state index contributed by atoms with van der Waals surface area (Å²) in [6.45, 7) is 3.90. The molecule has 0 saturated carbocycles. The Morgan fingerprint density at radius 2 is 2.17 bits per heavy atom. The van der Waals surface area contributed by atoms with E-state index in [4.69, 9.17) is 27.9 Å². The van der Waals surface area contributed by atoms with E-state index in [1.165, 1.54) is 11.3 Å². The van der Waals surface area contributed by atoms with Crippen LogP contribution in [0.1, 0.15) is 28.0 Å². The van der Waals surface area contributed by atoms with Gasteiger partial charge in [0.25, 0.3) is 0 Å². The molecule has 0 saturated heterocycles. The Balaban J connectivity index is 2.62. The number of rotatable bonds is 3. The van der Waals surface area contributed by atoms with Crippen LogP contribution in [0, 0.1) is 6.92 Å². The van der Waals surface area contributed by atoms with E-state index in [0.29, 0.717) is 32.7 Å². The molecule has 2 rings (SSSR count). The lowest BCUT2D eigenvalue weighted by Gasteiger charge is -2.00. The lowest BCUT2D eigenvalue weighted by molar-refractivity contribution is 0.0531. The average molecular weight is 305 g/mol. The maximum absolute atomic E-state index is 11.8. The molecule has 2 aromatic heterocycles. The fourth-order valence-electron chi connectivity index (χ4n) is 1.58. The van der Waals surface area contributed by atoms with Crippen molar-refractivity contribution in [3.8, 4) is 0 Å². The summed E-state index contributed by atoms with van der Waals surface area (Å²) in [7, 11) is 0. The molecular weight excluding hydrogens is 295 g/mol. The molecule has 0 spiro atoms. The largest absolute Gasteiger partial charge is 0.462 e. The first-order valence-corrected chi connectivity index (χ1v) is 7.00. The third-order valence-corrected chi connectivity index (χ3v) is 4.05. The standard InChI is InChI=1S/C11H10Cl2N2O2S/c1-3-17-11(16)8-5(2)7-9(13)14-6(4-12)15-10(7)18-8/h3-4H2,1-2H3. The third-order valence-electron chi connectivity index (χ3n) is 2.37. The molecule has 0 atom stereocenters. The average Bonchev–Trinajstić information content (AvgIpc) is 2.67. The van der Waals surface area contributed by atoms with E-state index in [9.17, 15) is 4.79 Å². The number of fused-ring (bicyclic) bond motifs is 1. The van der Waals surface area contributed by atoms with Crippen LogP contribution in [0.4, 0.5) is 0 Å². The monoisotopic (exact) mass is 304 g/mol. The van der Waals surface area contributed by atoms with Gasteiger partial charge in [-0.25, -0.2) is 14.8 Å². The van der Waals surface area contributed by atoms with Crippen molar-refractivity contribution in [3.05, 3.63) is 21.4 Å². The van der Waals surface area contributed by atoms with Crippen LogP contribution in [0.25, 0.3) is 10.2 Å². The van der Waals surface area contributed by atoms with Gasteiger partial charge < -0.3 is 4.74 Å². The van der Waals surface area contributed by atoms with Crippen molar-refractivity contribution in [2.45, 2.75) is 19.7 Å². The number of ether oxygens (including phenoxy) is 1. The van der Waals surface area contributed by atoms with Crippen LogP contribution in [0.5, 0.6) is 0 Å². The van der Waals surface area contributed by atoms with Crippen molar-refractivity contribution in [1.82, 2.24) is 9.97 Å². The summed E-state index contributed by atoms with van der Waals surface area (Å²) in [5.74, 6) is 0.272. The molecule has 2 aromatic rings. The highest BCUT2D eigenvalue weighted by atomic mass is 35.5. The van der Waals surface area contributed by atoms with E-state index >= 15 is 0 Å². The zero-order valence-electron chi connectivity index (χ0n) is 9.79. The van der Waals surface area contributed by atoms with Crippen molar-refractivity contribution >= 4 is 50.7 Å². The van der Waals surface area contributed by atoms with Gasteiger partial charge in [0, 0.05) is 0 Å². The van der Waals surface area contributed by atoms with Gasteiger partial charge in [-0.15, -0.1) is 22.9 Å². The highest BCUT2D eigenvalue weighted by Crippen LogP contribution is 2.34. The molecule has 0 fully saturated rings. The van der Waals surface area contributed by atoms with Crippen LogP contribution in [0.2, 0.25) is 5.15 Å². The summed E-state index contributed by atoms with van der Waals surface area (Å²) in [6.07, 6.45) is 0. The Kier molecular flexibility index (Phi) is 4.04. The van der Waals surface area contributed by atoms with E-state index in [1.807, 2.05) is 0 Å². The van der Waals surface area contributed by atoms with E-state index < -0.39 is 0 Å². The number of aryl methyl sites for hydroxylation is 1. The molecule has 0 unspecified atom stereocenters. The molecule has 0 amide bonds. The van der Waals surface area contributed by atoms with Gasteiger partial charge in [0.1, 0.15) is 20.7 Å². The Bertz CT molecular complexity index is 613.